The summed E-state index contributed by atoms with van der Waals surface area (Å²) in [6.45, 7) is 4.63. The van der Waals surface area contributed by atoms with Crippen LogP contribution < -0.4 is 16.0 Å². The van der Waals surface area contributed by atoms with Gasteiger partial charge in [0, 0.05) is 18.7 Å². The molecule has 2 aromatic rings. The lowest BCUT2D eigenvalue weighted by Gasteiger charge is -2.30. The number of nitrogens with two attached hydrogens (primary N) is 1. The summed E-state index contributed by atoms with van der Waals surface area (Å²) in [4.78, 5) is 37.1. The lowest BCUT2D eigenvalue weighted by Crippen LogP contribution is -2.31. The van der Waals surface area contributed by atoms with E-state index in [-0.39, 0.29) is 17.9 Å². The van der Waals surface area contributed by atoms with Crippen LogP contribution in [-0.2, 0) is 11.3 Å². The van der Waals surface area contributed by atoms with Crippen molar-refractivity contribution in [3.8, 4) is 0 Å². The molecular weight excluding hydrogens is 376 g/mol. The first-order valence-electron chi connectivity index (χ1n) is 9.45. The Kier molecular flexibility index (Phi) is 5.81. The number of amides is 2. The Bertz CT molecular complexity index is 962. The molecule has 2 amide bonds. The fraction of sp³-hybridized carbons (Fsp3) is 0.421. The van der Waals surface area contributed by atoms with E-state index >= 15 is 0 Å². The number of nitro groups is 1. The van der Waals surface area contributed by atoms with Crippen LogP contribution in [0.3, 0.4) is 0 Å². The van der Waals surface area contributed by atoms with Crippen molar-refractivity contribution in [3.05, 3.63) is 45.3 Å². The van der Waals surface area contributed by atoms with Crippen LogP contribution in [0.1, 0.15) is 41.0 Å². The molecule has 2 heterocycles. The van der Waals surface area contributed by atoms with Gasteiger partial charge in [-0.05, 0) is 51.3 Å². The molecule has 0 saturated carbocycles. The molecule has 1 saturated heterocycles. The second-order valence-corrected chi connectivity index (χ2v) is 7.13. The zero-order chi connectivity index (χ0) is 21.1. The maximum absolute atomic E-state index is 12.7. The summed E-state index contributed by atoms with van der Waals surface area (Å²) in [5, 5.41) is 18.1. The van der Waals surface area contributed by atoms with Gasteiger partial charge in [-0.3, -0.25) is 24.4 Å². The Balaban J connectivity index is 1.85. The molecule has 1 aliphatic rings. The molecule has 10 heteroatoms. The number of aryl methyl sites for hydroxylation is 1. The Morgan fingerprint density at radius 1 is 1.24 bits per heavy atom. The zero-order valence-electron chi connectivity index (χ0n) is 16.5. The van der Waals surface area contributed by atoms with Gasteiger partial charge in [0.25, 0.3) is 0 Å². The van der Waals surface area contributed by atoms with E-state index in [2.05, 4.69) is 15.3 Å². The molecule has 154 valence electrons. The fourth-order valence-corrected chi connectivity index (χ4v) is 3.63. The van der Waals surface area contributed by atoms with Crippen molar-refractivity contribution in [3.63, 3.8) is 0 Å². The number of carbonyl (C=O) groups is 2. The van der Waals surface area contributed by atoms with Crippen molar-refractivity contribution < 1.29 is 14.5 Å². The standard InChI is InChI=1S/C19H24N6O4/c1-12-18(25(28)29)13(2)24(22-12)11-17(26)21-15-10-14(19(20)27)6-7-16(15)23-8-4-3-5-9-23/h6-7,10H,3-5,8-9,11H2,1-2H3,(H2,20,27)(H,21,26). The summed E-state index contributed by atoms with van der Waals surface area (Å²) in [5.74, 6) is -0.981. The second kappa shape index (κ2) is 8.29. The van der Waals surface area contributed by atoms with Crippen molar-refractivity contribution >= 4 is 28.9 Å². The molecule has 1 aliphatic heterocycles. The largest absolute Gasteiger partial charge is 0.370 e. The molecule has 29 heavy (non-hydrogen) atoms. The first-order valence-corrected chi connectivity index (χ1v) is 9.45. The third kappa shape index (κ3) is 4.36. The van der Waals surface area contributed by atoms with Crippen LogP contribution in [-0.4, -0.2) is 39.6 Å². The molecule has 0 atom stereocenters. The molecule has 0 spiro atoms. The van der Waals surface area contributed by atoms with E-state index in [1.807, 2.05) is 0 Å². The molecule has 0 bridgehead atoms. The lowest BCUT2D eigenvalue weighted by molar-refractivity contribution is -0.386. The minimum atomic E-state index is -0.583. The van der Waals surface area contributed by atoms with Gasteiger partial charge >= 0.3 is 5.69 Å². The van der Waals surface area contributed by atoms with Crippen LogP contribution >= 0.6 is 0 Å². The molecule has 3 rings (SSSR count). The first kappa shape index (κ1) is 20.3. The average molecular weight is 400 g/mol. The minimum Gasteiger partial charge on any atom is -0.370 e. The van der Waals surface area contributed by atoms with E-state index in [4.69, 9.17) is 5.73 Å². The Labute approximate surface area is 167 Å². The smallest absolute Gasteiger partial charge is 0.312 e. The van der Waals surface area contributed by atoms with Gasteiger partial charge in [-0.25, -0.2) is 0 Å². The van der Waals surface area contributed by atoms with Crippen LogP contribution in [0.25, 0.3) is 0 Å². The van der Waals surface area contributed by atoms with Gasteiger partial charge in [0.1, 0.15) is 17.9 Å². The van der Waals surface area contributed by atoms with Gasteiger partial charge in [-0.1, -0.05) is 0 Å². The molecule has 1 aromatic heterocycles. The van der Waals surface area contributed by atoms with Gasteiger partial charge in [0.05, 0.1) is 16.3 Å². The zero-order valence-corrected chi connectivity index (χ0v) is 16.5. The number of carbonyl (C=O) groups excluding carboxylic acids is 2. The molecular formula is C19H24N6O4. The molecule has 0 radical (unpaired) electrons. The molecule has 0 aliphatic carbocycles. The Morgan fingerprint density at radius 2 is 1.93 bits per heavy atom. The van der Waals surface area contributed by atoms with E-state index in [0.29, 0.717) is 16.9 Å². The number of nitrogens with one attached hydrogen (secondary N) is 1. The highest BCUT2D eigenvalue weighted by atomic mass is 16.6. The van der Waals surface area contributed by atoms with E-state index in [9.17, 15) is 19.7 Å². The number of benzene rings is 1. The number of hydrogen-bond acceptors (Lipinski definition) is 6. The van der Waals surface area contributed by atoms with Crippen molar-refractivity contribution in [2.75, 3.05) is 23.3 Å². The van der Waals surface area contributed by atoms with E-state index in [1.54, 1.807) is 25.1 Å². The normalized spacial score (nSPS) is 13.9. The Hall–Kier alpha value is -3.43. The third-order valence-electron chi connectivity index (χ3n) is 5.07. The highest BCUT2D eigenvalue weighted by molar-refractivity contribution is 5.99. The lowest BCUT2D eigenvalue weighted by atomic mass is 10.1. The summed E-state index contributed by atoms with van der Waals surface area (Å²) >= 11 is 0. The first-order chi connectivity index (χ1) is 13.8. The highest BCUT2D eigenvalue weighted by Crippen LogP contribution is 2.30. The molecule has 3 N–H and O–H groups in total. The number of rotatable bonds is 6. The van der Waals surface area contributed by atoms with Crippen LogP contribution in [0.4, 0.5) is 17.1 Å². The average Bonchev–Trinajstić information content (AvgIpc) is 2.95. The topological polar surface area (TPSA) is 136 Å². The van der Waals surface area contributed by atoms with E-state index in [0.717, 1.165) is 38.0 Å². The number of anilines is 2. The van der Waals surface area contributed by atoms with Crippen LogP contribution in [0.2, 0.25) is 0 Å². The number of nitrogens with zero attached hydrogens (tertiary/aromatic N) is 4. The fourth-order valence-electron chi connectivity index (χ4n) is 3.63. The molecule has 10 nitrogen and oxygen atoms in total. The van der Waals surface area contributed by atoms with E-state index < -0.39 is 16.7 Å². The highest BCUT2D eigenvalue weighted by Gasteiger charge is 2.23. The summed E-state index contributed by atoms with van der Waals surface area (Å²) in [6, 6.07) is 5.00. The maximum atomic E-state index is 12.7. The Morgan fingerprint density at radius 3 is 2.52 bits per heavy atom. The van der Waals surface area contributed by atoms with E-state index in [1.165, 1.54) is 11.6 Å². The molecule has 0 unspecified atom stereocenters. The minimum absolute atomic E-state index is 0.0949. The molecule has 1 fully saturated rings. The van der Waals surface area contributed by atoms with Crippen LogP contribution in [0.5, 0.6) is 0 Å². The van der Waals surface area contributed by atoms with Crippen molar-refractivity contribution in [2.45, 2.75) is 39.7 Å². The van der Waals surface area contributed by atoms with Crippen molar-refractivity contribution in [1.29, 1.82) is 0 Å². The summed E-state index contributed by atoms with van der Waals surface area (Å²) in [6.07, 6.45) is 3.27. The maximum Gasteiger partial charge on any atom is 0.312 e. The quantitative estimate of drug-likeness (QED) is 0.563. The van der Waals surface area contributed by atoms with Gasteiger partial charge in [0.15, 0.2) is 0 Å². The van der Waals surface area contributed by atoms with Gasteiger partial charge in [-0.2, -0.15) is 5.10 Å². The SMILES string of the molecule is Cc1nn(CC(=O)Nc2cc(C(N)=O)ccc2N2CCCCC2)c(C)c1[N+](=O)[O-]. The van der Waals surface area contributed by atoms with Gasteiger partial charge in [0.2, 0.25) is 11.8 Å². The number of aromatic nitrogens is 2. The monoisotopic (exact) mass is 400 g/mol. The summed E-state index contributed by atoms with van der Waals surface area (Å²) in [5.41, 5.74) is 7.47. The van der Waals surface area contributed by atoms with Gasteiger partial charge < -0.3 is 16.0 Å². The second-order valence-electron chi connectivity index (χ2n) is 7.13. The van der Waals surface area contributed by atoms with Crippen LogP contribution in [0.15, 0.2) is 18.2 Å². The summed E-state index contributed by atoms with van der Waals surface area (Å²) < 4.78 is 1.31. The predicted octanol–water partition coefficient (Wildman–Crippen LogP) is 2.14. The van der Waals surface area contributed by atoms with Gasteiger partial charge in [-0.15, -0.1) is 0 Å². The summed E-state index contributed by atoms with van der Waals surface area (Å²) in [7, 11) is 0. The number of primary amides is 1. The predicted molar refractivity (Wildman–Crippen MR) is 108 cm³/mol. The van der Waals surface area contributed by atoms with Crippen molar-refractivity contribution in [1.82, 2.24) is 9.78 Å². The number of hydrogen-bond donors (Lipinski definition) is 2. The molecule has 1 aromatic carbocycles. The van der Waals surface area contributed by atoms with Crippen molar-refractivity contribution in [2.24, 2.45) is 5.73 Å². The number of piperidine rings is 1. The third-order valence-corrected chi connectivity index (χ3v) is 5.07. The van der Waals surface area contributed by atoms with Crippen LogP contribution in [0, 0.1) is 24.0 Å².